The summed E-state index contributed by atoms with van der Waals surface area (Å²) < 4.78 is 24.5. The normalized spacial score (nSPS) is 12.2. The second-order valence-corrected chi connectivity index (χ2v) is 22.6. The lowest BCUT2D eigenvalue weighted by Gasteiger charge is -2.21. The molecule has 0 aliphatic carbocycles. The van der Waals surface area contributed by atoms with E-state index in [1.807, 2.05) is 71.0 Å². The van der Waals surface area contributed by atoms with Crippen molar-refractivity contribution >= 4 is 54.8 Å². The first kappa shape index (κ1) is 58.9. The molecule has 10 nitrogen and oxygen atoms in total. The molecular formula is C73H76N4O6. The minimum atomic E-state index is 0.0558. The SMILES string of the molecule is C=c1c(C)c(C)c2c(c1C)Oc1c(ccc(C)c1C)N=2.C=c1c(C)c(C)c2c(c1C)Oc1cc(C(=O)CCCCO)ccc1N=2.C=c1c(C)c(C)c2c(c1C)Oc1cc(C)ccc1N=2.C=c1c(C)c(C)c2c(c1C)Oc1cc(C)ccc1N=2. The molecule has 8 aromatic carbocycles. The quantitative estimate of drug-likeness (QED) is 0.135. The van der Waals surface area contributed by atoms with E-state index in [9.17, 15) is 4.79 Å². The van der Waals surface area contributed by atoms with Gasteiger partial charge in [0, 0.05) is 40.8 Å². The van der Waals surface area contributed by atoms with Gasteiger partial charge in [0.2, 0.25) is 0 Å². The Kier molecular flexibility index (Phi) is 16.5. The molecule has 8 aromatic rings. The number of hydrogen-bond donors (Lipinski definition) is 1. The third-order valence-electron chi connectivity index (χ3n) is 17.3. The van der Waals surface area contributed by atoms with E-state index in [4.69, 9.17) is 44.0 Å². The molecule has 1 N–H and O–H groups in total. The van der Waals surface area contributed by atoms with Gasteiger partial charge in [-0.1, -0.05) is 44.5 Å². The first-order chi connectivity index (χ1) is 39.3. The number of benzene rings is 8. The van der Waals surface area contributed by atoms with E-state index in [0.717, 1.165) is 161 Å². The van der Waals surface area contributed by atoms with Crippen LogP contribution in [0.2, 0.25) is 0 Å². The molecule has 4 aliphatic rings. The van der Waals surface area contributed by atoms with Crippen molar-refractivity contribution in [2.75, 3.05) is 6.61 Å². The maximum Gasteiger partial charge on any atom is 0.163 e. The molecule has 0 atom stereocenters. The molecule has 0 spiro atoms. The highest BCUT2D eigenvalue weighted by Gasteiger charge is 2.24. The number of aryl methyl sites for hydroxylation is 3. The van der Waals surface area contributed by atoms with Gasteiger partial charge in [-0.25, -0.2) is 20.0 Å². The van der Waals surface area contributed by atoms with E-state index in [0.29, 0.717) is 30.6 Å². The van der Waals surface area contributed by atoms with Gasteiger partial charge in [0.05, 0.1) is 0 Å². The van der Waals surface area contributed by atoms with Crippen molar-refractivity contribution in [2.45, 2.75) is 130 Å². The minimum absolute atomic E-state index is 0.0558. The van der Waals surface area contributed by atoms with Gasteiger partial charge in [-0.05, 0) is 260 Å². The first-order valence-corrected chi connectivity index (χ1v) is 28.3. The number of ether oxygens (including phenoxy) is 4. The summed E-state index contributed by atoms with van der Waals surface area (Å²) in [5.74, 6) is 6.49. The van der Waals surface area contributed by atoms with Crippen LogP contribution >= 0.6 is 0 Å². The van der Waals surface area contributed by atoms with E-state index in [1.165, 1.54) is 33.4 Å². The lowest BCUT2D eigenvalue weighted by atomic mass is 10.00. The maximum atomic E-state index is 12.3. The second kappa shape index (κ2) is 23.3. The number of ketones is 1. The van der Waals surface area contributed by atoms with Gasteiger partial charge >= 0.3 is 0 Å². The fraction of sp³-hybridized carbons (Fsp3) is 0.274. The zero-order valence-corrected chi connectivity index (χ0v) is 51.3. The Balaban J connectivity index is 0.000000134. The molecule has 4 heterocycles. The molecule has 83 heavy (non-hydrogen) atoms. The summed E-state index contributed by atoms with van der Waals surface area (Å²) in [5, 5.41) is 16.6. The van der Waals surface area contributed by atoms with E-state index < -0.39 is 0 Å². The molecule has 10 heteroatoms. The molecule has 4 aliphatic heterocycles. The molecule has 0 unspecified atom stereocenters. The maximum absolute atomic E-state index is 12.3. The highest BCUT2D eigenvalue weighted by atomic mass is 16.5. The molecule has 12 rings (SSSR count). The molecule has 0 saturated carbocycles. The Bertz CT molecular complexity index is 4440. The van der Waals surface area contributed by atoms with Gasteiger partial charge in [0.25, 0.3) is 0 Å². The highest BCUT2D eigenvalue weighted by Crippen LogP contribution is 2.41. The van der Waals surface area contributed by atoms with Crippen molar-refractivity contribution in [3.05, 3.63) is 204 Å². The predicted octanol–water partition coefficient (Wildman–Crippen LogP) is 13.9. The van der Waals surface area contributed by atoms with Crippen LogP contribution < -0.4 is 61.3 Å². The van der Waals surface area contributed by atoms with Crippen LogP contribution in [0.4, 0.5) is 22.7 Å². The molecule has 0 bridgehead atoms. The summed E-state index contributed by atoms with van der Waals surface area (Å²) >= 11 is 0. The number of carbonyl (C=O) groups is 1. The van der Waals surface area contributed by atoms with Crippen LogP contribution in [0.5, 0.6) is 46.0 Å². The van der Waals surface area contributed by atoms with Crippen LogP contribution in [-0.4, -0.2) is 17.5 Å². The van der Waals surface area contributed by atoms with Gasteiger partial charge in [0.15, 0.2) is 51.8 Å². The molecule has 0 saturated heterocycles. The summed E-state index contributed by atoms with van der Waals surface area (Å²) in [7, 11) is 0. The standard InChI is InChI=1S/C21H23NO3.C18H19NO.2C17H17NO/c1-12-13(2)15(4)21-20(14(12)3)22-17-9-8-16(11-19(17)25-21)18(24)7-5-6-10-23;1-9-7-8-15-17(10(9)2)20-18-14(6)12(4)11(3)13(5)16(18)19-15;2*1-9-6-7-14-15(8-9)19-17-13(5)11(3)10(2)12(4)16(17)18-14/h8-9,11,23H,2,5-7,10H2,1,3-4H3;7-8H,4H2,1-3,5-6H3;2*6-8H,3H2,1-2,4-5H3. The number of rotatable bonds is 5. The number of aliphatic hydroxyl groups is 1. The third kappa shape index (κ3) is 11.0. The average Bonchev–Trinajstić information content (AvgIpc) is 3.59. The Morgan fingerprint density at radius 1 is 0.373 bits per heavy atom. The van der Waals surface area contributed by atoms with E-state index in [1.54, 1.807) is 12.1 Å². The first-order valence-electron chi connectivity index (χ1n) is 28.3. The van der Waals surface area contributed by atoms with Crippen LogP contribution in [-0.2, 0) is 0 Å². The molecule has 0 aromatic heterocycles. The smallest absolute Gasteiger partial charge is 0.163 e. The fourth-order valence-corrected chi connectivity index (χ4v) is 10.6. The minimum Gasteiger partial charge on any atom is -0.452 e. The Hall–Kier alpha value is -8.73. The van der Waals surface area contributed by atoms with Crippen LogP contribution in [0, 0.1) is 111 Å². The molecule has 0 amide bonds. The van der Waals surface area contributed by atoms with Crippen LogP contribution in [0.25, 0.3) is 26.3 Å². The third-order valence-corrected chi connectivity index (χ3v) is 17.3. The molecule has 0 fully saturated rings. The van der Waals surface area contributed by atoms with Crippen molar-refractivity contribution in [1.29, 1.82) is 0 Å². The number of Topliss-reactive ketones (excluding diaryl/α,β-unsaturated/α-hetero) is 1. The van der Waals surface area contributed by atoms with Gasteiger partial charge in [-0.3, -0.25) is 4.79 Å². The lowest BCUT2D eigenvalue weighted by Crippen LogP contribution is -2.24. The number of fused-ring (bicyclic) bond motifs is 8. The van der Waals surface area contributed by atoms with Gasteiger partial charge in [-0.2, -0.15) is 0 Å². The number of aliphatic hydroxyl groups excluding tert-OH is 1. The average molecular weight is 1110 g/mol. The van der Waals surface area contributed by atoms with E-state index >= 15 is 0 Å². The number of nitrogens with zero attached hydrogens (tertiary/aromatic N) is 4. The van der Waals surface area contributed by atoms with Crippen molar-refractivity contribution in [3.63, 3.8) is 0 Å². The van der Waals surface area contributed by atoms with E-state index in [2.05, 4.69) is 121 Å². The summed E-state index contributed by atoms with van der Waals surface area (Å²) in [6.07, 6.45) is 1.75. The monoisotopic (exact) mass is 1100 g/mol. The summed E-state index contributed by atoms with van der Waals surface area (Å²) in [6, 6.07) is 21.7. The molecular weight excluding hydrogens is 1030 g/mol. The highest BCUT2D eigenvalue weighted by molar-refractivity contribution is 5.97. The number of carbonyl (C=O) groups excluding carboxylic acids is 1. The largest absolute Gasteiger partial charge is 0.452 e. The van der Waals surface area contributed by atoms with Crippen LogP contribution in [0.15, 0.2) is 86.7 Å². The zero-order valence-electron chi connectivity index (χ0n) is 51.3. The van der Waals surface area contributed by atoms with Crippen molar-refractivity contribution in [3.8, 4) is 46.0 Å². The summed E-state index contributed by atoms with van der Waals surface area (Å²) in [5.41, 5.74) is 22.2. The molecule has 0 radical (unpaired) electrons. The van der Waals surface area contributed by atoms with Gasteiger partial charge in [0.1, 0.15) is 44.2 Å². The van der Waals surface area contributed by atoms with Crippen molar-refractivity contribution < 1.29 is 28.8 Å². The van der Waals surface area contributed by atoms with Crippen molar-refractivity contribution in [2.24, 2.45) is 20.0 Å². The van der Waals surface area contributed by atoms with E-state index in [-0.39, 0.29) is 12.4 Å². The molecule has 424 valence electrons. The zero-order chi connectivity index (χ0) is 60.2. The number of hydrogen-bond acceptors (Lipinski definition) is 10. The van der Waals surface area contributed by atoms with Crippen molar-refractivity contribution in [1.82, 2.24) is 0 Å². The second-order valence-electron chi connectivity index (χ2n) is 22.6. The van der Waals surface area contributed by atoms with Gasteiger partial charge < -0.3 is 24.1 Å². The topological polar surface area (TPSA) is 124 Å². The summed E-state index contributed by atoms with van der Waals surface area (Å²) in [6.45, 7) is 49.7. The number of unbranched alkanes of at least 4 members (excludes halogenated alkanes) is 1. The Morgan fingerprint density at radius 2 is 0.711 bits per heavy atom. The van der Waals surface area contributed by atoms with Gasteiger partial charge in [-0.15, -0.1) is 0 Å². The van der Waals surface area contributed by atoms with Crippen LogP contribution in [0.3, 0.4) is 0 Å². The Labute approximate surface area is 487 Å². The fourth-order valence-electron chi connectivity index (χ4n) is 10.6. The summed E-state index contributed by atoms with van der Waals surface area (Å²) in [4.78, 5) is 31.4. The lowest BCUT2D eigenvalue weighted by molar-refractivity contribution is 0.0977. The Morgan fingerprint density at radius 3 is 1.10 bits per heavy atom. The predicted molar refractivity (Wildman–Crippen MR) is 337 cm³/mol. The van der Waals surface area contributed by atoms with Crippen LogP contribution in [0.1, 0.15) is 119 Å².